The number of thiophene rings is 1. The summed E-state index contributed by atoms with van der Waals surface area (Å²) in [5.41, 5.74) is 1.26. The highest BCUT2D eigenvalue weighted by atomic mass is 32.2. The Kier molecular flexibility index (Phi) is 5.01. The van der Waals surface area contributed by atoms with E-state index in [4.69, 9.17) is 0 Å². The van der Waals surface area contributed by atoms with Gasteiger partial charge in [0.1, 0.15) is 10.6 Å². The fraction of sp³-hybridized carbons (Fsp3) is 0.316. The van der Waals surface area contributed by atoms with Gasteiger partial charge in [0.05, 0.1) is 10.6 Å². The highest BCUT2D eigenvalue weighted by Crippen LogP contribution is 2.32. The Morgan fingerprint density at radius 3 is 2.70 bits per heavy atom. The number of nitrogens with zero attached hydrogens (tertiary/aromatic N) is 2. The normalized spacial score (nSPS) is 15.4. The summed E-state index contributed by atoms with van der Waals surface area (Å²) < 4.78 is 13.2. The van der Waals surface area contributed by atoms with E-state index >= 15 is 0 Å². The van der Waals surface area contributed by atoms with Crippen LogP contribution < -0.4 is 5.56 Å². The van der Waals surface area contributed by atoms with Crippen molar-refractivity contribution >= 4 is 39.2 Å². The highest BCUT2D eigenvalue weighted by Gasteiger charge is 2.25. The number of rotatable bonds is 4. The molecule has 3 heterocycles. The molecule has 27 heavy (non-hydrogen) atoms. The second-order valence-corrected chi connectivity index (χ2v) is 8.69. The Balaban J connectivity index is 1.62. The summed E-state index contributed by atoms with van der Waals surface area (Å²) in [6, 6.07) is 6.04. The topological polar surface area (TPSA) is 66.1 Å². The minimum absolute atomic E-state index is 0.0819. The molecule has 1 amide bonds. The number of halogens is 1. The van der Waals surface area contributed by atoms with Gasteiger partial charge >= 0.3 is 0 Å². The maximum Gasteiger partial charge on any atom is 0.260 e. The van der Waals surface area contributed by atoms with Crippen molar-refractivity contribution in [3.63, 3.8) is 0 Å². The molecule has 0 unspecified atom stereocenters. The van der Waals surface area contributed by atoms with E-state index in [-0.39, 0.29) is 22.5 Å². The Labute approximate surface area is 163 Å². The SMILES string of the molecule is C[C@H](Sc1nc2scc(-c3ccc(F)cc3)c2c(=O)[nH]1)C(=O)N1CCCC1. The van der Waals surface area contributed by atoms with Gasteiger partial charge in [0.2, 0.25) is 5.91 Å². The van der Waals surface area contributed by atoms with Crippen molar-refractivity contribution in [2.45, 2.75) is 30.2 Å². The van der Waals surface area contributed by atoms with E-state index in [1.165, 1.54) is 35.2 Å². The quantitative estimate of drug-likeness (QED) is 0.530. The van der Waals surface area contributed by atoms with Gasteiger partial charge in [-0.1, -0.05) is 23.9 Å². The number of carbonyl (C=O) groups excluding carboxylic acids is 1. The first-order valence-corrected chi connectivity index (χ1v) is 10.5. The van der Waals surface area contributed by atoms with Crippen LogP contribution in [0.3, 0.4) is 0 Å². The molecule has 0 radical (unpaired) electrons. The summed E-state index contributed by atoms with van der Waals surface area (Å²) in [5.74, 6) is -0.237. The average molecular weight is 404 g/mol. The summed E-state index contributed by atoms with van der Waals surface area (Å²) in [5, 5.41) is 2.49. The van der Waals surface area contributed by atoms with Gasteiger partial charge in [0, 0.05) is 24.0 Å². The van der Waals surface area contributed by atoms with E-state index in [1.807, 2.05) is 17.2 Å². The maximum absolute atomic E-state index is 13.2. The zero-order valence-electron chi connectivity index (χ0n) is 14.7. The molecule has 8 heteroatoms. The van der Waals surface area contributed by atoms with Crippen molar-refractivity contribution in [1.29, 1.82) is 0 Å². The molecule has 0 spiro atoms. The predicted molar refractivity (Wildman–Crippen MR) is 107 cm³/mol. The van der Waals surface area contributed by atoms with Gasteiger partial charge in [-0.2, -0.15) is 0 Å². The number of H-pyrrole nitrogens is 1. The molecule has 1 aliphatic heterocycles. The van der Waals surface area contributed by atoms with Crippen molar-refractivity contribution in [3.05, 3.63) is 45.8 Å². The molecular weight excluding hydrogens is 385 g/mol. The summed E-state index contributed by atoms with van der Waals surface area (Å²) in [6.45, 7) is 3.45. The lowest BCUT2D eigenvalue weighted by Gasteiger charge is -2.19. The Morgan fingerprint density at radius 1 is 1.30 bits per heavy atom. The molecule has 1 saturated heterocycles. The number of aromatic nitrogens is 2. The molecule has 1 fully saturated rings. The van der Waals surface area contributed by atoms with E-state index in [2.05, 4.69) is 9.97 Å². The van der Waals surface area contributed by atoms with Crippen LogP contribution in [-0.4, -0.2) is 39.1 Å². The molecule has 5 nitrogen and oxygen atoms in total. The molecule has 0 saturated carbocycles. The summed E-state index contributed by atoms with van der Waals surface area (Å²) in [6.07, 6.45) is 2.09. The van der Waals surface area contributed by atoms with Gasteiger partial charge in [0.15, 0.2) is 5.16 Å². The van der Waals surface area contributed by atoms with Crippen LogP contribution in [0.2, 0.25) is 0 Å². The number of benzene rings is 1. The second-order valence-electron chi connectivity index (χ2n) is 6.50. The van der Waals surface area contributed by atoms with Crippen LogP contribution in [0, 0.1) is 5.82 Å². The van der Waals surface area contributed by atoms with Crippen LogP contribution in [0.1, 0.15) is 19.8 Å². The van der Waals surface area contributed by atoms with E-state index in [1.54, 1.807) is 12.1 Å². The largest absolute Gasteiger partial charge is 0.342 e. The fourth-order valence-electron chi connectivity index (χ4n) is 3.24. The minimum Gasteiger partial charge on any atom is -0.342 e. The third-order valence-corrected chi connectivity index (χ3v) is 6.48. The lowest BCUT2D eigenvalue weighted by molar-refractivity contribution is -0.129. The third-order valence-electron chi connectivity index (χ3n) is 4.63. The number of hydrogen-bond acceptors (Lipinski definition) is 5. The molecule has 0 bridgehead atoms. The standard InChI is InChI=1S/C19H18FN3O2S2/c1-11(18(25)23-8-2-3-9-23)27-19-21-16(24)15-14(10-26-17(15)22-19)12-4-6-13(20)7-5-12/h4-7,10-11H,2-3,8-9H2,1H3,(H,21,22,24)/t11-/m0/s1. The van der Waals surface area contributed by atoms with E-state index < -0.39 is 0 Å². The number of thioether (sulfide) groups is 1. The van der Waals surface area contributed by atoms with Crippen molar-refractivity contribution in [3.8, 4) is 11.1 Å². The predicted octanol–water partition coefficient (Wildman–Crippen LogP) is 3.89. The van der Waals surface area contributed by atoms with Gasteiger partial charge < -0.3 is 9.88 Å². The van der Waals surface area contributed by atoms with Crippen LogP contribution in [-0.2, 0) is 4.79 Å². The van der Waals surface area contributed by atoms with Gasteiger partial charge in [-0.05, 0) is 37.5 Å². The summed E-state index contributed by atoms with van der Waals surface area (Å²) in [7, 11) is 0. The fourth-order valence-corrected chi connectivity index (χ4v) is 5.13. The lowest BCUT2D eigenvalue weighted by atomic mass is 10.1. The molecule has 1 aromatic carbocycles. The van der Waals surface area contributed by atoms with E-state index in [9.17, 15) is 14.0 Å². The molecule has 1 N–H and O–H groups in total. The number of carbonyl (C=O) groups is 1. The van der Waals surface area contributed by atoms with Gasteiger partial charge in [-0.3, -0.25) is 9.59 Å². The molecule has 4 rings (SSSR count). The van der Waals surface area contributed by atoms with Crippen LogP contribution in [0.5, 0.6) is 0 Å². The van der Waals surface area contributed by atoms with Crippen molar-refractivity contribution in [1.82, 2.24) is 14.9 Å². The number of hydrogen-bond donors (Lipinski definition) is 1. The zero-order valence-corrected chi connectivity index (χ0v) is 16.3. The first-order chi connectivity index (χ1) is 13.0. The van der Waals surface area contributed by atoms with Crippen LogP contribution >= 0.6 is 23.1 Å². The first-order valence-electron chi connectivity index (χ1n) is 8.76. The van der Waals surface area contributed by atoms with Gasteiger partial charge in [-0.25, -0.2) is 9.37 Å². The molecule has 140 valence electrons. The lowest BCUT2D eigenvalue weighted by Crippen LogP contribution is -2.34. The van der Waals surface area contributed by atoms with Gasteiger partial charge in [-0.15, -0.1) is 11.3 Å². The number of amides is 1. The molecule has 0 aliphatic carbocycles. The number of aromatic amines is 1. The third kappa shape index (κ3) is 3.64. The number of likely N-dealkylation sites (tertiary alicyclic amines) is 1. The minimum atomic E-state index is -0.319. The zero-order chi connectivity index (χ0) is 19.0. The van der Waals surface area contributed by atoms with Gasteiger partial charge in [0.25, 0.3) is 5.56 Å². The summed E-state index contributed by atoms with van der Waals surface area (Å²) in [4.78, 5) is 34.9. The smallest absolute Gasteiger partial charge is 0.260 e. The second kappa shape index (κ2) is 7.44. The van der Waals surface area contributed by atoms with Crippen LogP contribution in [0.25, 0.3) is 21.3 Å². The molecular formula is C19H18FN3O2S2. The Morgan fingerprint density at radius 2 is 2.00 bits per heavy atom. The van der Waals surface area contributed by atoms with Crippen molar-refractivity contribution < 1.29 is 9.18 Å². The molecule has 2 aromatic heterocycles. The highest BCUT2D eigenvalue weighted by molar-refractivity contribution is 8.00. The van der Waals surface area contributed by atoms with Crippen LogP contribution in [0.15, 0.2) is 39.6 Å². The van der Waals surface area contributed by atoms with Crippen molar-refractivity contribution in [2.75, 3.05) is 13.1 Å². The average Bonchev–Trinajstić information content (AvgIpc) is 3.31. The van der Waals surface area contributed by atoms with Crippen molar-refractivity contribution in [2.24, 2.45) is 0 Å². The molecule has 1 atom stereocenters. The Hall–Kier alpha value is -2.19. The number of nitrogens with one attached hydrogen (secondary N) is 1. The molecule has 1 aliphatic rings. The number of fused-ring (bicyclic) bond motifs is 1. The monoisotopic (exact) mass is 403 g/mol. The summed E-state index contributed by atoms with van der Waals surface area (Å²) >= 11 is 2.64. The van der Waals surface area contributed by atoms with Crippen LogP contribution in [0.4, 0.5) is 4.39 Å². The molecule has 3 aromatic rings. The first kappa shape index (κ1) is 18.2. The van der Waals surface area contributed by atoms with E-state index in [0.29, 0.717) is 15.4 Å². The Bertz CT molecular complexity index is 1040. The van der Waals surface area contributed by atoms with E-state index in [0.717, 1.165) is 37.1 Å². The maximum atomic E-state index is 13.2.